The molecular weight excluding hydrogens is 256 g/mol. The molecule has 1 N–H and O–H groups in total. The van der Waals surface area contributed by atoms with E-state index in [0.717, 1.165) is 5.92 Å². The van der Waals surface area contributed by atoms with Gasteiger partial charge in [-0.1, -0.05) is 44.9 Å². The molecule has 0 heterocycles. The van der Waals surface area contributed by atoms with Crippen molar-refractivity contribution in [2.45, 2.75) is 65.7 Å². The predicted octanol–water partition coefficient (Wildman–Crippen LogP) is 5.11. The van der Waals surface area contributed by atoms with E-state index in [2.05, 4.69) is 39.5 Å². The minimum atomic E-state index is 0.133. The van der Waals surface area contributed by atoms with Crippen LogP contribution in [-0.4, -0.2) is 11.7 Å². The average Bonchev–Trinajstić information content (AvgIpc) is 2.46. The highest BCUT2D eigenvalue weighted by atomic mass is 16.3. The number of fused-ring (bicyclic) bond motifs is 3. The van der Waals surface area contributed by atoms with Crippen LogP contribution < -0.4 is 0 Å². The first kappa shape index (κ1) is 15.3. The third kappa shape index (κ3) is 2.23. The van der Waals surface area contributed by atoms with Crippen molar-refractivity contribution in [1.82, 2.24) is 0 Å². The fraction of sp³-hybridized carbons (Fsp3) is 0.800. The van der Waals surface area contributed by atoms with Crippen LogP contribution in [0.5, 0.6) is 0 Å². The van der Waals surface area contributed by atoms with Crippen LogP contribution in [-0.2, 0) is 0 Å². The summed E-state index contributed by atoms with van der Waals surface area (Å²) < 4.78 is 0. The first-order chi connectivity index (χ1) is 9.87. The molecule has 0 spiro atoms. The monoisotopic (exact) mass is 288 g/mol. The SMILES string of the molecule is C=C[C@]1(C)CC[C@H]2C(=CCC3[C@@](C)(CO)CCC[C@]32C)C1. The Morgan fingerprint density at radius 1 is 1.29 bits per heavy atom. The van der Waals surface area contributed by atoms with E-state index in [-0.39, 0.29) is 5.41 Å². The molecule has 1 heteroatoms. The summed E-state index contributed by atoms with van der Waals surface area (Å²) in [6.45, 7) is 11.6. The fourth-order valence-electron chi connectivity index (χ4n) is 5.93. The lowest BCUT2D eigenvalue weighted by Crippen LogP contribution is -2.52. The highest BCUT2D eigenvalue weighted by molar-refractivity contribution is 5.25. The molecule has 0 amide bonds. The molecule has 0 bridgehead atoms. The molecule has 0 radical (unpaired) electrons. The average molecular weight is 288 g/mol. The van der Waals surface area contributed by atoms with Crippen molar-refractivity contribution in [3.8, 4) is 0 Å². The van der Waals surface area contributed by atoms with Crippen LogP contribution in [0.3, 0.4) is 0 Å². The lowest BCUT2D eigenvalue weighted by atomic mass is 9.45. The quantitative estimate of drug-likeness (QED) is 0.700. The molecule has 0 aromatic heterocycles. The molecule has 0 aromatic carbocycles. The number of hydrogen-bond donors (Lipinski definition) is 1. The zero-order chi connectivity index (χ0) is 15.3. The van der Waals surface area contributed by atoms with Crippen molar-refractivity contribution in [2.75, 3.05) is 6.61 Å². The van der Waals surface area contributed by atoms with Gasteiger partial charge >= 0.3 is 0 Å². The Kier molecular flexibility index (Phi) is 3.64. The van der Waals surface area contributed by atoms with E-state index >= 15 is 0 Å². The maximum Gasteiger partial charge on any atom is 0.0487 e. The molecule has 3 aliphatic carbocycles. The smallest absolute Gasteiger partial charge is 0.0487 e. The molecule has 5 atom stereocenters. The summed E-state index contributed by atoms with van der Waals surface area (Å²) in [4.78, 5) is 0. The Morgan fingerprint density at radius 2 is 2.05 bits per heavy atom. The van der Waals surface area contributed by atoms with E-state index in [9.17, 15) is 5.11 Å². The van der Waals surface area contributed by atoms with Crippen molar-refractivity contribution >= 4 is 0 Å². The van der Waals surface area contributed by atoms with Gasteiger partial charge in [-0.2, -0.15) is 0 Å². The summed E-state index contributed by atoms with van der Waals surface area (Å²) in [6, 6.07) is 0. The molecule has 21 heavy (non-hydrogen) atoms. The van der Waals surface area contributed by atoms with E-state index in [1.807, 2.05) is 0 Å². The zero-order valence-electron chi connectivity index (χ0n) is 14.1. The minimum Gasteiger partial charge on any atom is -0.396 e. The first-order valence-corrected chi connectivity index (χ1v) is 8.80. The van der Waals surface area contributed by atoms with Crippen LogP contribution in [0, 0.1) is 28.1 Å². The lowest BCUT2D eigenvalue weighted by Gasteiger charge is -2.59. The third-order valence-corrected chi connectivity index (χ3v) is 7.43. The van der Waals surface area contributed by atoms with Gasteiger partial charge in [-0.3, -0.25) is 0 Å². The van der Waals surface area contributed by atoms with Gasteiger partial charge in [0.15, 0.2) is 0 Å². The topological polar surface area (TPSA) is 20.2 Å². The van der Waals surface area contributed by atoms with Crippen LogP contribution in [0.2, 0.25) is 0 Å². The van der Waals surface area contributed by atoms with Gasteiger partial charge in [-0.25, -0.2) is 0 Å². The molecule has 3 rings (SSSR count). The Morgan fingerprint density at radius 3 is 2.71 bits per heavy atom. The molecule has 3 aliphatic rings. The van der Waals surface area contributed by atoms with E-state index < -0.39 is 0 Å². The second-order valence-electron chi connectivity index (χ2n) is 8.87. The van der Waals surface area contributed by atoms with Gasteiger partial charge in [0, 0.05) is 6.61 Å². The van der Waals surface area contributed by atoms with Gasteiger partial charge in [0.2, 0.25) is 0 Å². The number of hydrogen-bond acceptors (Lipinski definition) is 1. The van der Waals surface area contributed by atoms with Crippen LogP contribution >= 0.6 is 0 Å². The Balaban J connectivity index is 1.94. The molecule has 0 saturated heterocycles. The number of aliphatic hydroxyl groups is 1. The molecule has 118 valence electrons. The molecule has 1 nitrogen and oxygen atoms in total. The van der Waals surface area contributed by atoms with Gasteiger partial charge in [-0.15, -0.1) is 6.58 Å². The minimum absolute atomic E-state index is 0.133. The van der Waals surface area contributed by atoms with E-state index in [1.165, 1.54) is 44.9 Å². The third-order valence-electron chi connectivity index (χ3n) is 7.43. The van der Waals surface area contributed by atoms with E-state index in [1.54, 1.807) is 5.57 Å². The van der Waals surface area contributed by atoms with Crippen molar-refractivity contribution in [3.05, 3.63) is 24.3 Å². The summed E-state index contributed by atoms with van der Waals surface area (Å²) in [5, 5.41) is 9.99. The number of allylic oxidation sites excluding steroid dienone is 3. The molecule has 2 saturated carbocycles. The van der Waals surface area contributed by atoms with Crippen LogP contribution in [0.4, 0.5) is 0 Å². The van der Waals surface area contributed by atoms with Gasteiger partial charge in [0.1, 0.15) is 0 Å². The van der Waals surface area contributed by atoms with Crippen LogP contribution in [0.25, 0.3) is 0 Å². The summed E-state index contributed by atoms with van der Waals surface area (Å²) in [5.41, 5.74) is 2.54. The van der Waals surface area contributed by atoms with Crippen molar-refractivity contribution in [1.29, 1.82) is 0 Å². The lowest BCUT2D eigenvalue weighted by molar-refractivity contribution is -0.0805. The molecule has 2 fully saturated rings. The summed E-state index contributed by atoms with van der Waals surface area (Å²) in [7, 11) is 0. The molecular formula is C20H32O. The van der Waals surface area contributed by atoms with Gasteiger partial charge in [0.05, 0.1) is 0 Å². The van der Waals surface area contributed by atoms with Crippen molar-refractivity contribution in [3.63, 3.8) is 0 Å². The van der Waals surface area contributed by atoms with Crippen molar-refractivity contribution in [2.24, 2.45) is 28.1 Å². The largest absolute Gasteiger partial charge is 0.396 e. The van der Waals surface area contributed by atoms with Gasteiger partial charge in [0.25, 0.3) is 0 Å². The number of aliphatic hydroxyl groups excluding tert-OH is 1. The summed E-state index contributed by atoms with van der Waals surface area (Å²) in [5.74, 6) is 1.40. The van der Waals surface area contributed by atoms with E-state index in [0.29, 0.717) is 23.4 Å². The summed E-state index contributed by atoms with van der Waals surface area (Å²) in [6.07, 6.45) is 13.5. The maximum absolute atomic E-state index is 9.99. The fourth-order valence-corrected chi connectivity index (χ4v) is 5.93. The molecule has 0 aromatic rings. The Bertz CT molecular complexity index is 464. The number of rotatable bonds is 2. The highest BCUT2D eigenvalue weighted by Crippen LogP contribution is 2.63. The predicted molar refractivity (Wildman–Crippen MR) is 89.0 cm³/mol. The Hall–Kier alpha value is -0.560. The molecule has 0 aliphatic heterocycles. The van der Waals surface area contributed by atoms with Crippen molar-refractivity contribution < 1.29 is 5.11 Å². The normalized spacial score (nSPS) is 49.8. The zero-order valence-corrected chi connectivity index (χ0v) is 14.1. The van der Waals surface area contributed by atoms with Crippen LogP contribution in [0.15, 0.2) is 24.3 Å². The second-order valence-corrected chi connectivity index (χ2v) is 8.87. The Labute approximate surface area is 130 Å². The standard InChI is InChI=1S/C20H32O/c1-5-18(2)12-9-16-15(13-18)7-8-17-19(3,14-21)10-6-11-20(16,17)4/h5,7,16-17,21H,1,6,8-14H2,2-4H3/t16-,17?,18+,19+,20-/m0/s1. The van der Waals surface area contributed by atoms with Gasteiger partial charge < -0.3 is 5.11 Å². The summed E-state index contributed by atoms with van der Waals surface area (Å²) >= 11 is 0. The van der Waals surface area contributed by atoms with E-state index in [4.69, 9.17) is 0 Å². The second kappa shape index (κ2) is 4.98. The van der Waals surface area contributed by atoms with Gasteiger partial charge in [-0.05, 0) is 66.6 Å². The van der Waals surface area contributed by atoms with Crippen LogP contribution in [0.1, 0.15) is 65.7 Å². The molecule has 1 unspecified atom stereocenters. The maximum atomic E-state index is 9.99. The highest BCUT2D eigenvalue weighted by Gasteiger charge is 2.55. The first-order valence-electron chi connectivity index (χ1n) is 8.80.